The highest BCUT2D eigenvalue weighted by Gasteiger charge is 2.08. The van der Waals surface area contributed by atoms with Gasteiger partial charge in [0.15, 0.2) is 11.5 Å². The van der Waals surface area contributed by atoms with Gasteiger partial charge in [0, 0.05) is 13.6 Å². The van der Waals surface area contributed by atoms with Crippen LogP contribution in [0.3, 0.4) is 0 Å². The van der Waals surface area contributed by atoms with E-state index in [-0.39, 0.29) is 5.69 Å². The molecule has 20 heavy (non-hydrogen) atoms. The van der Waals surface area contributed by atoms with Gasteiger partial charge in [-0.1, -0.05) is 12.1 Å². The number of carboxylic acids is 1. The van der Waals surface area contributed by atoms with Crippen molar-refractivity contribution in [2.24, 2.45) is 0 Å². The number of methoxy groups -OCH3 is 1. The minimum Gasteiger partial charge on any atom is -0.497 e. The van der Waals surface area contributed by atoms with Gasteiger partial charge < -0.3 is 14.7 Å². The van der Waals surface area contributed by atoms with E-state index in [4.69, 9.17) is 9.84 Å². The minimum atomic E-state index is -1.08. The van der Waals surface area contributed by atoms with E-state index in [2.05, 4.69) is 10.2 Å². The maximum atomic E-state index is 10.7. The summed E-state index contributed by atoms with van der Waals surface area (Å²) in [6.45, 7) is 0.644. The second-order valence-corrected chi connectivity index (χ2v) is 4.29. The Morgan fingerprint density at radius 3 is 2.40 bits per heavy atom. The Balaban J connectivity index is 2.06. The Morgan fingerprint density at radius 2 is 1.90 bits per heavy atom. The van der Waals surface area contributed by atoms with Crippen LogP contribution in [0.15, 0.2) is 36.4 Å². The Bertz CT molecular complexity index is 582. The van der Waals surface area contributed by atoms with Crippen molar-refractivity contribution in [2.45, 2.75) is 6.54 Å². The molecule has 6 nitrogen and oxygen atoms in total. The van der Waals surface area contributed by atoms with Crippen molar-refractivity contribution in [1.29, 1.82) is 0 Å². The molecule has 6 heteroatoms. The molecule has 0 bridgehead atoms. The summed E-state index contributed by atoms with van der Waals surface area (Å²) in [5.41, 5.74) is 1.03. The molecule has 0 fully saturated rings. The monoisotopic (exact) mass is 273 g/mol. The van der Waals surface area contributed by atoms with Gasteiger partial charge in [0.05, 0.1) is 7.11 Å². The molecule has 2 aromatic rings. The van der Waals surface area contributed by atoms with Crippen LogP contribution in [0.5, 0.6) is 5.75 Å². The number of carbonyl (C=O) groups is 1. The van der Waals surface area contributed by atoms with E-state index in [1.165, 1.54) is 6.07 Å². The molecule has 0 spiro atoms. The topological polar surface area (TPSA) is 75.5 Å². The Labute approximate surface area is 116 Å². The third-order valence-corrected chi connectivity index (χ3v) is 2.84. The van der Waals surface area contributed by atoms with E-state index in [0.29, 0.717) is 12.4 Å². The van der Waals surface area contributed by atoms with Crippen LogP contribution < -0.4 is 9.64 Å². The molecule has 0 saturated heterocycles. The number of aromatic carboxylic acids is 1. The molecule has 0 aliphatic heterocycles. The van der Waals surface area contributed by atoms with Gasteiger partial charge in [-0.15, -0.1) is 10.2 Å². The summed E-state index contributed by atoms with van der Waals surface area (Å²) >= 11 is 0. The normalized spacial score (nSPS) is 10.1. The molecule has 0 aliphatic rings. The first kappa shape index (κ1) is 13.8. The van der Waals surface area contributed by atoms with Gasteiger partial charge in [-0.3, -0.25) is 0 Å². The Hall–Kier alpha value is -2.63. The highest BCUT2D eigenvalue weighted by Crippen LogP contribution is 2.15. The van der Waals surface area contributed by atoms with Crippen LogP contribution in [0.25, 0.3) is 0 Å². The fourth-order valence-electron chi connectivity index (χ4n) is 1.73. The first-order valence-electron chi connectivity index (χ1n) is 6.01. The number of nitrogens with zero attached hydrogens (tertiary/aromatic N) is 3. The van der Waals surface area contributed by atoms with Crippen molar-refractivity contribution < 1.29 is 14.6 Å². The van der Waals surface area contributed by atoms with Crippen LogP contribution in [0.4, 0.5) is 5.82 Å². The van der Waals surface area contributed by atoms with Crippen LogP contribution in [-0.2, 0) is 6.54 Å². The van der Waals surface area contributed by atoms with Crippen LogP contribution in [0, 0.1) is 0 Å². The molecule has 0 atom stereocenters. The van der Waals surface area contributed by atoms with E-state index >= 15 is 0 Å². The van der Waals surface area contributed by atoms with E-state index in [9.17, 15) is 4.79 Å². The van der Waals surface area contributed by atoms with E-state index in [1.54, 1.807) is 13.2 Å². The number of anilines is 1. The summed E-state index contributed by atoms with van der Waals surface area (Å²) in [5, 5.41) is 16.3. The smallest absolute Gasteiger partial charge is 0.356 e. The van der Waals surface area contributed by atoms with Crippen molar-refractivity contribution in [3.05, 3.63) is 47.7 Å². The number of carboxylic acid groups (broad SMARTS) is 1. The Morgan fingerprint density at radius 1 is 1.20 bits per heavy atom. The largest absolute Gasteiger partial charge is 0.497 e. The summed E-state index contributed by atoms with van der Waals surface area (Å²) in [6, 6.07) is 10.8. The van der Waals surface area contributed by atoms with E-state index < -0.39 is 5.97 Å². The number of ether oxygens (including phenoxy) is 1. The molecular weight excluding hydrogens is 258 g/mol. The lowest BCUT2D eigenvalue weighted by atomic mass is 10.2. The number of aromatic nitrogens is 2. The second-order valence-electron chi connectivity index (χ2n) is 4.29. The fourth-order valence-corrected chi connectivity index (χ4v) is 1.73. The number of hydrogen-bond acceptors (Lipinski definition) is 5. The molecular formula is C14H15N3O3. The second kappa shape index (κ2) is 6.01. The van der Waals surface area contributed by atoms with Crippen LogP contribution in [0.1, 0.15) is 16.1 Å². The zero-order valence-electron chi connectivity index (χ0n) is 11.3. The molecule has 0 unspecified atom stereocenters. The first-order chi connectivity index (χ1) is 9.60. The van der Waals surface area contributed by atoms with Crippen molar-refractivity contribution in [2.75, 3.05) is 19.1 Å². The average Bonchev–Trinajstić information content (AvgIpc) is 2.48. The fraction of sp³-hybridized carbons (Fsp3) is 0.214. The SMILES string of the molecule is COc1ccc(CN(C)c2ccc(C(=O)O)nn2)cc1. The third kappa shape index (κ3) is 3.23. The number of rotatable bonds is 5. The zero-order chi connectivity index (χ0) is 14.5. The van der Waals surface area contributed by atoms with Crippen LogP contribution in [-0.4, -0.2) is 35.4 Å². The molecule has 1 aromatic carbocycles. The third-order valence-electron chi connectivity index (χ3n) is 2.84. The molecule has 104 valence electrons. The lowest BCUT2D eigenvalue weighted by Crippen LogP contribution is -2.18. The van der Waals surface area contributed by atoms with Gasteiger partial charge in [0.25, 0.3) is 0 Å². The van der Waals surface area contributed by atoms with E-state index in [1.807, 2.05) is 36.2 Å². The van der Waals surface area contributed by atoms with Crippen molar-refractivity contribution in [3.8, 4) is 5.75 Å². The van der Waals surface area contributed by atoms with Gasteiger partial charge >= 0.3 is 5.97 Å². The van der Waals surface area contributed by atoms with Crippen molar-refractivity contribution in [3.63, 3.8) is 0 Å². The summed E-state index contributed by atoms with van der Waals surface area (Å²) < 4.78 is 5.10. The van der Waals surface area contributed by atoms with Gasteiger partial charge in [-0.05, 0) is 29.8 Å². The average molecular weight is 273 g/mol. The van der Waals surface area contributed by atoms with Crippen LogP contribution >= 0.6 is 0 Å². The molecule has 0 aliphatic carbocycles. The molecule has 1 heterocycles. The van der Waals surface area contributed by atoms with Crippen molar-refractivity contribution >= 4 is 11.8 Å². The molecule has 1 aromatic heterocycles. The predicted molar refractivity (Wildman–Crippen MR) is 74.1 cm³/mol. The van der Waals surface area contributed by atoms with Crippen molar-refractivity contribution in [1.82, 2.24) is 10.2 Å². The van der Waals surface area contributed by atoms with Crippen LogP contribution in [0.2, 0.25) is 0 Å². The van der Waals surface area contributed by atoms with Gasteiger partial charge in [-0.25, -0.2) is 4.79 Å². The lowest BCUT2D eigenvalue weighted by Gasteiger charge is -2.17. The summed E-state index contributed by atoms with van der Waals surface area (Å²) in [7, 11) is 3.50. The highest BCUT2D eigenvalue weighted by atomic mass is 16.5. The maximum Gasteiger partial charge on any atom is 0.356 e. The summed E-state index contributed by atoms with van der Waals surface area (Å²) in [6.07, 6.45) is 0. The first-order valence-corrected chi connectivity index (χ1v) is 6.01. The standard InChI is InChI=1S/C14H15N3O3/c1-17(9-10-3-5-11(20-2)6-4-10)13-8-7-12(14(18)19)15-16-13/h3-8H,9H2,1-2H3,(H,18,19). The Kier molecular flexibility index (Phi) is 4.14. The molecule has 2 rings (SSSR count). The maximum absolute atomic E-state index is 10.7. The summed E-state index contributed by atoms with van der Waals surface area (Å²) in [5.74, 6) is 0.342. The minimum absolute atomic E-state index is 0.0633. The molecule has 0 saturated carbocycles. The van der Waals surface area contributed by atoms with Gasteiger partial charge in [0.1, 0.15) is 5.75 Å². The zero-order valence-corrected chi connectivity index (χ0v) is 11.3. The molecule has 1 N–H and O–H groups in total. The molecule has 0 amide bonds. The summed E-state index contributed by atoms with van der Waals surface area (Å²) in [4.78, 5) is 12.6. The van der Waals surface area contributed by atoms with E-state index in [0.717, 1.165) is 11.3 Å². The lowest BCUT2D eigenvalue weighted by molar-refractivity contribution is 0.0689. The van der Waals surface area contributed by atoms with Gasteiger partial charge in [-0.2, -0.15) is 0 Å². The molecule has 0 radical (unpaired) electrons. The quantitative estimate of drug-likeness (QED) is 0.895. The number of benzene rings is 1. The number of hydrogen-bond donors (Lipinski definition) is 1. The predicted octanol–water partition coefficient (Wildman–Crippen LogP) is 1.82. The van der Waals surface area contributed by atoms with Gasteiger partial charge in [0.2, 0.25) is 0 Å². The highest BCUT2D eigenvalue weighted by molar-refractivity contribution is 5.85.